The Balaban J connectivity index is 1.58. The number of rotatable bonds is 4. The zero-order valence-electron chi connectivity index (χ0n) is 19.2. The summed E-state index contributed by atoms with van der Waals surface area (Å²) < 4.78 is 2.25. The molecule has 5 rings (SSSR count). The number of likely N-dealkylation sites (tertiary alicyclic amines) is 1. The summed E-state index contributed by atoms with van der Waals surface area (Å²) in [6.07, 6.45) is 9.58. The number of hydrogen-bond acceptors (Lipinski definition) is 3. The molecule has 1 atom stereocenters. The molecule has 3 aromatic rings. The highest BCUT2D eigenvalue weighted by Crippen LogP contribution is 2.45. The predicted molar refractivity (Wildman–Crippen MR) is 132 cm³/mol. The number of imidazole rings is 1. The van der Waals surface area contributed by atoms with Crippen LogP contribution in [0.25, 0.3) is 11.6 Å². The quantitative estimate of drug-likeness (QED) is 0.495. The Morgan fingerprint density at radius 2 is 1.91 bits per heavy atom. The molecule has 1 aliphatic carbocycles. The zero-order valence-corrected chi connectivity index (χ0v) is 19.9. The molecule has 0 N–H and O–H groups in total. The van der Waals surface area contributed by atoms with Gasteiger partial charge in [-0.05, 0) is 106 Å². The largest absolute Gasteiger partial charge is 0.334 e. The average molecular weight is 447 g/mol. The molecule has 2 aliphatic rings. The van der Waals surface area contributed by atoms with Gasteiger partial charge < -0.3 is 9.47 Å². The van der Waals surface area contributed by atoms with Crippen LogP contribution >= 0.6 is 11.6 Å². The van der Waals surface area contributed by atoms with Crippen LogP contribution in [0.3, 0.4) is 0 Å². The maximum atomic E-state index is 6.54. The predicted octanol–water partition coefficient (Wildman–Crippen LogP) is 5.97. The van der Waals surface area contributed by atoms with E-state index in [-0.39, 0.29) is 0 Å². The second-order valence-corrected chi connectivity index (χ2v) is 9.79. The van der Waals surface area contributed by atoms with E-state index in [1.54, 1.807) is 0 Å². The maximum absolute atomic E-state index is 6.54. The Morgan fingerprint density at radius 1 is 1.09 bits per heavy atom. The fraction of sp³-hybridized carbons (Fsp3) is 0.407. The van der Waals surface area contributed by atoms with Gasteiger partial charge >= 0.3 is 0 Å². The second-order valence-electron chi connectivity index (χ2n) is 9.36. The molecule has 166 valence electrons. The minimum Gasteiger partial charge on any atom is -0.334 e. The van der Waals surface area contributed by atoms with Crippen LogP contribution in [0, 0.1) is 19.8 Å². The van der Waals surface area contributed by atoms with E-state index in [2.05, 4.69) is 71.8 Å². The molecule has 0 radical (unpaired) electrons. The van der Waals surface area contributed by atoms with Crippen molar-refractivity contribution >= 4 is 23.3 Å². The first-order valence-electron chi connectivity index (χ1n) is 11.6. The summed E-state index contributed by atoms with van der Waals surface area (Å²) in [4.78, 5) is 11.9. The summed E-state index contributed by atoms with van der Waals surface area (Å²) in [6.45, 7) is 7.40. The van der Waals surface area contributed by atoms with E-state index in [0.29, 0.717) is 11.8 Å². The average Bonchev–Trinajstić information content (AvgIpc) is 3.04. The van der Waals surface area contributed by atoms with Gasteiger partial charge in [-0.1, -0.05) is 23.7 Å². The van der Waals surface area contributed by atoms with Gasteiger partial charge in [0.1, 0.15) is 0 Å². The summed E-state index contributed by atoms with van der Waals surface area (Å²) in [6, 6.07) is 10.8. The van der Waals surface area contributed by atoms with Crippen molar-refractivity contribution in [1.29, 1.82) is 0 Å². The lowest BCUT2D eigenvalue weighted by Crippen LogP contribution is -2.33. The standard InChI is InChI=1S/C27H31ClN4/c1-18-19(2)32(17-30-18)14-10-21-15-22-5-4-11-29-27(22)26(20-8-12-31(3)13-9-20)24-7-6-23(28)16-25(21)24/h4-7,11,15-17,20,26H,8-10,12-14H2,1-3H3. The molecule has 1 aliphatic heterocycles. The minimum atomic E-state index is 0.304. The van der Waals surface area contributed by atoms with Crippen LogP contribution in [-0.2, 0) is 6.54 Å². The van der Waals surface area contributed by atoms with Gasteiger partial charge in [0.2, 0.25) is 0 Å². The first kappa shape index (κ1) is 21.4. The van der Waals surface area contributed by atoms with E-state index < -0.39 is 0 Å². The number of nitrogens with zero attached hydrogens (tertiary/aromatic N) is 4. The molecule has 5 heteroatoms. The van der Waals surface area contributed by atoms with Gasteiger partial charge in [-0.25, -0.2) is 4.98 Å². The number of aromatic nitrogens is 3. The van der Waals surface area contributed by atoms with Gasteiger partial charge in [-0.15, -0.1) is 0 Å². The van der Waals surface area contributed by atoms with Crippen LogP contribution in [0.1, 0.15) is 59.0 Å². The smallest absolute Gasteiger partial charge is 0.0951 e. The van der Waals surface area contributed by atoms with Crippen molar-refractivity contribution in [3.05, 3.63) is 81.7 Å². The summed E-state index contributed by atoms with van der Waals surface area (Å²) in [5, 5.41) is 0.797. The summed E-state index contributed by atoms with van der Waals surface area (Å²) in [7, 11) is 2.22. The van der Waals surface area contributed by atoms with E-state index >= 15 is 0 Å². The van der Waals surface area contributed by atoms with Crippen molar-refractivity contribution in [2.45, 2.75) is 45.6 Å². The molecule has 1 fully saturated rings. The van der Waals surface area contributed by atoms with E-state index in [0.717, 1.165) is 36.8 Å². The molecule has 3 heterocycles. The van der Waals surface area contributed by atoms with E-state index in [1.807, 2.05) is 12.5 Å². The Hall–Kier alpha value is -2.43. The summed E-state index contributed by atoms with van der Waals surface area (Å²) in [5.41, 5.74) is 8.79. The first-order valence-corrected chi connectivity index (χ1v) is 12.0. The monoisotopic (exact) mass is 446 g/mol. The molecule has 0 saturated carbocycles. The first-order chi connectivity index (χ1) is 15.5. The molecule has 1 saturated heterocycles. The van der Waals surface area contributed by atoms with Crippen LogP contribution in [-0.4, -0.2) is 39.6 Å². The van der Waals surface area contributed by atoms with Crippen molar-refractivity contribution in [3.63, 3.8) is 0 Å². The maximum Gasteiger partial charge on any atom is 0.0951 e. The number of piperidine rings is 1. The zero-order chi connectivity index (χ0) is 22.2. The Kier molecular flexibility index (Phi) is 5.92. The Morgan fingerprint density at radius 3 is 2.66 bits per heavy atom. The molecular formula is C27H31ClN4. The Labute approximate surface area is 196 Å². The van der Waals surface area contributed by atoms with Crippen molar-refractivity contribution in [2.24, 2.45) is 5.92 Å². The fourth-order valence-corrected chi connectivity index (χ4v) is 5.53. The molecule has 0 spiro atoms. The number of fused-ring (bicyclic) bond motifs is 2. The SMILES string of the molecule is Cc1ncn(CCC2=Cc3cccnc3C(C3CCN(C)CC3)c3ccc(Cl)cc32)c1C. The van der Waals surface area contributed by atoms with Crippen LogP contribution in [0.2, 0.25) is 5.02 Å². The van der Waals surface area contributed by atoms with Gasteiger partial charge in [0, 0.05) is 29.4 Å². The van der Waals surface area contributed by atoms with E-state index in [1.165, 1.54) is 46.5 Å². The van der Waals surface area contributed by atoms with E-state index in [9.17, 15) is 0 Å². The lowest BCUT2D eigenvalue weighted by molar-refractivity contribution is 0.206. The molecule has 2 aromatic heterocycles. The van der Waals surface area contributed by atoms with Crippen LogP contribution in [0.15, 0.2) is 42.9 Å². The molecule has 0 amide bonds. The van der Waals surface area contributed by atoms with Gasteiger partial charge in [-0.3, -0.25) is 4.98 Å². The normalized spacial score (nSPS) is 19.2. The van der Waals surface area contributed by atoms with Crippen molar-refractivity contribution in [1.82, 2.24) is 19.4 Å². The minimum absolute atomic E-state index is 0.304. The van der Waals surface area contributed by atoms with Gasteiger partial charge in [-0.2, -0.15) is 0 Å². The van der Waals surface area contributed by atoms with Crippen molar-refractivity contribution < 1.29 is 0 Å². The molecule has 0 bridgehead atoms. The molecule has 1 unspecified atom stereocenters. The highest BCUT2D eigenvalue weighted by atomic mass is 35.5. The number of benzene rings is 1. The summed E-state index contributed by atoms with van der Waals surface area (Å²) >= 11 is 6.54. The van der Waals surface area contributed by atoms with Crippen molar-refractivity contribution in [3.8, 4) is 0 Å². The highest BCUT2D eigenvalue weighted by Gasteiger charge is 2.33. The highest BCUT2D eigenvalue weighted by molar-refractivity contribution is 6.30. The lowest BCUT2D eigenvalue weighted by Gasteiger charge is -2.35. The van der Waals surface area contributed by atoms with Crippen molar-refractivity contribution in [2.75, 3.05) is 20.1 Å². The molecule has 32 heavy (non-hydrogen) atoms. The van der Waals surface area contributed by atoms with Gasteiger partial charge in [0.15, 0.2) is 0 Å². The fourth-order valence-electron chi connectivity index (χ4n) is 5.36. The topological polar surface area (TPSA) is 34.0 Å². The Bertz CT molecular complexity index is 1150. The van der Waals surface area contributed by atoms with E-state index in [4.69, 9.17) is 16.6 Å². The molecule has 4 nitrogen and oxygen atoms in total. The molecular weight excluding hydrogens is 416 g/mol. The number of hydrogen-bond donors (Lipinski definition) is 0. The summed E-state index contributed by atoms with van der Waals surface area (Å²) in [5.74, 6) is 0.893. The van der Waals surface area contributed by atoms with Gasteiger partial charge in [0.05, 0.1) is 17.7 Å². The number of pyridine rings is 1. The van der Waals surface area contributed by atoms with Crippen LogP contribution < -0.4 is 0 Å². The molecule has 1 aromatic carbocycles. The third kappa shape index (κ3) is 4.02. The third-order valence-corrected chi connectivity index (χ3v) is 7.63. The van der Waals surface area contributed by atoms with Gasteiger partial charge in [0.25, 0.3) is 0 Å². The number of aryl methyl sites for hydroxylation is 2. The third-order valence-electron chi connectivity index (χ3n) is 7.39. The lowest BCUT2D eigenvalue weighted by atomic mass is 9.76. The van der Waals surface area contributed by atoms with Crippen LogP contribution in [0.4, 0.5) is 0 Å². The second kappa shape index (κ2) is 8.84. The van der Waals surface area contributed by atoms with Crippen LogP contribution in [0.5, 0.6) is 0 Å². The number of allylic oxidation sites excluding steroid dienone is 1. The number of halogens is 1.